The first-order chi connectivity index (χ1) is 15.9. The van der Waals surface area contributed by atoms with E-state index in [-0.39, 0.29) is 29.8 Å². The van der Waals surface area contributed by atoms with Gasteiger partial charge >= 0.3 is 0 Å². The van der Waals surface area contributed by atoms with Crippen LogP contribution in [-0.2, 0) is 9.59 Å². The summed E-state index contributed by atoms with van der Waals surface area (Å²) in [6.45, 7) is -0.200. The lowest BCUT2D eigenvalue weighted by Crippen LogP contribution is -2.38. The van der Waals surface area contributed by atoms with Crippen LogP contribution in [0.2, 0.25) is 0 Å². The van der Waals surface area contributed by atoms with Gasteiger partial charge in [-0.1, -0.05) is 30.3 Å². The number of methoxy groups -OCH3 is 1. The van der Waals surface area contributed by atoms with Crippen LogP contribution < -0.4 is 15.0 Å². The van der Waals surface area contributed by atoms with Crippen molar-refractivity contribution in [1.82, 2.24) is 0 Å². The molecule has 3 aromatic rings. The topological polar surface area (TPSA) is 102 Å². The monoisotopic (exact) mass is 463 g/mol. The van der Waals surface area contributed by atoms with Crippen molar-refractivity contribution >= 4 is 40.6 Å². The van der Waals surface area contributed by atoms with Crippen molar-refractivity contribution in [2.75, 3.05) is 23.9 Å². The van der Waals surface area contributed by atoms with Gasteiger partial charge in [-0.15, -0.1) is 11.8 Å². The first-order valence-corrected chi connectivity index (χ1v) is 11.1. The second-order valence-corrected chi connectivity index (χ2v) is 8.63. The fourth-order valence-corrected chi connectivity index (χ4v) is 4.88. The van der Waals surface area contributed by atoms with E-state index in [1.807, 2.05) is 48.5 Å². The summed E-state index contributed by atoms with van der Waals surface area (Å²) >= 11 is 1.58. The molecule has 0 radical (unpaired) electrons. The summed E-state index contributed by atoms with van der Waals surface area (Å²) in [5.74, 6) is 0.123. The van der Waals surface area contributed by atoms with E-state index in [2.05, 4.69) is 5.32 Å². The van der Waals surface area contributed by atoms with Crippen molar-refractivity contribution in [3.63, 3.8) is 0 Å². The lowest BCUT2D eigenvalue weighted by atomic mass is 10.1. The fraction of sp³-hybridized carbons (Fsp3) is 0.167. The number of nitro groups is 1. The predicted octanol–water partition coefficient (Wildman–Crippen LogP) is 4.81. The number of hydrogen-bond donors (Lipinski definition) is 1. The lowest BCUT2D eigenvalue weighted by Gasteiger charge is -2.22. The number of nitrogens with one attached hydrogen (secondary N) is 1. The number of hydrogen-bond acceptors (Lipinski definition) is 6. The third-order valence-corrected chi connectivity index (χ3v) is 6.54. The number of nitrogens with zero attached hydrogens (tertiary/aromatic N) is 2. The molecular formula is C24H21N3O5S. The maximum atomic E-state index is 13.2. The van der Waals surface area contributed by atoms with Gasteiger partial charge in [-0.25, -0.2) is 0 Å². The molecule has 0 spiro atoms. The molecule has 0 fully saturated rings. The summed E-state index contributed by atoms with van der Waals surface area (Å²) in [5.41, 5.74) is 1.84. The normalized spacial score (nSPS) is 15.4. The van der Waals surface area contributed by atoms with Crippen molar-refractivity contribution in [3.8, 4) is 5.75 Å². The number of anilines is 2. The number of amides is 2. The number of ether oxygens (including phenoxy) is 1. The van der Waals surface area contributed by atoms with Crippen LogP contribution >= 0.6 is 11.8 Å². The van der Waals surface area contributed by atoms with Crippen LogP contribution in [0, 0.1) is 10.1 Å². The second-order valence-electron chi connectivity index (χ2n) is 7.39. The van der Waals surface area contributed by atoms with Gasteiger partial charge in [-0.3, -0.25) is 19.7 Å². The van der Waals surface area contributed by atoms with Crippen LogP contribution in [0.15, 0.2) is 77.7 Å². The molecule has 4 rings (SSSR count). The molecule has 1 N–H and O–H groups in total. The number of carbonyl (C=O) groups is 2. The van der Waals surface area contributed by atoms with Gasteiger partial charge in [0.2, 0.25) is 11.8 Å². The third-order valence-electron chi connectivity index (χ3n) is 5.22. The number of benzene rings is 3. The van der Waals surface area contributed by atoms with Gasteiger partial charge in [0, 0.05) is 34.4 Å². The molecule has 8 nitrogen and oxygen atoms in total. The van der Waals surface area contributed by atoms with Crippen molar-refractivity contribution in [1.29, 1.82) is 0 Å². The van der Waals surface area contributed by atoms with E-state index >= 15 is 0 Å². The van der Waals surface area contributed by atoms with Crippen molar-refractivity contribution in [2.24, 2.45) is 0 Å². The molecule has 0 saturated carbocycles. The summed E-state index contributed by atoms with van der Waals surface area (Å²) in [6, 6.07) is 20.8. The van der Waals surface area contributed by atoms with E-state index < -0.39 is 10.8 Å². The first kappa shape index (κ1) is 22.3. The molecule has 0 saturated heterocycles. The van der Waals surface area contributed by atoms with Crippen LogP contribution in [-0.4, -0.2) is 30.4 Å². The van der Waals surface area contributed by atoms with E-state index in [9.17, 15) is 19.7 Å². The van der Waals surface area contributed by atoms with E-state index in [0.29, 0.717) is 11.4 Å². The molecule has 0 aromatic heterocycles. The SMILES string of the molecule is COc1ccc([C@H]2CC(=O)N(CC(=O)Nc3cccc([N+](=O)[O-])c3)c3ccccc3S2)cc1. The van der Waals surface area contributed by atoms with E-state index in [1.165, 1.54) is 23.1 Å². The number of nitro benzene ring substituents is 1. The minimum Gasteiger partial charge on any atom is -0.497 e. The highest BCUT2D eigenvalue weighted by Gasteiger charge is 2.30. The molecule has 2 amide bonds. The predicted molar refractivity (Wildman–Crippen MR) is 127 cm³/mol. The van der Waals surface area contributed by atoms with Crippen molar-refractivity contribution in [2.45, 2.75) is 16.6 Å². The largest absolute Gasteiger partial charge is 0.497 e. The van der Waals surface area contributed by atoms with Gasteiger partial charge in [0.1, 0.15) is 12.3 Å². The second kappa shape index (κ2) is 9.74. The van der Waals surface area contributed by atoms with Crippen molar-refractivity contribution < 1.29 is 19.2 Å². The van der Waals surface area contributed by atoms with Crippen LogP contribution in [0.1, 0.15) is 17.2 Å². The smallest absolute Gasteiger partial charge is 0.271 e. The molecule has 3 aromatic carbocycles. The number of thioether (sulfide) groups is 1. The molecule has 0 bridgehead atoms. The summed E-state index contributed by atoms with van der Waals surface area (Å²) in [5, 5.41) is 13.5. The van der Waals surface area contributed by atoms with Gasteiger partial charge in [0.25, 0.3) is 5.69 Å². The molecule has 9 heteroatoms. The number of para-hydroxylation sites is 1. The number of fused-ring (bicyclic) bond motifs is 1. The van der Waals surface area contributed by atoms with Crippen LogP contribution in [0.4, 0.5) is 17.1 Å². The summed E-state index contributed by atoms with van der Waals surface area (Å²) in [7, 11) is 1.60. The Balaban J connectivity index is 1.56. The average Bonchev–Trinajstić information content (AvgIpc) is 2.96. The zero-order valence-corrected chi connectivity index (χ0v) is 18.6. The fourth-order valence-electron chi connectivity index (χ4n) is 3.60. The molecule has 0 aliphatic carbocycles. The Bertz CT molecular complexity index is 1200. The Morgan fingerprint density at radius 3 is 2.64 bits per heavy atom. The summed E-state index contributed by atoms with van der Waals surface area (Å²) in [6.07, 6.45) is 0.218. The molecule has 1 aliphatic rings. The standard InChI is InChI=1S/C24H21N3O5S/c1-32-19-11-9-16(10-12-19)22-14-24(29)26(20-7-2-3-8-21(20)33-22)15-23(28)25-17-5-4-6-18(13-17)27(30)31/h2-13,22H,14-15H2,1H3,(H,25,28)/t22-/m1/s1. The minimum atomic E-state index is -0.527. The number of non-ortho nitro benzene ring substituents is 1. The lowest BCUT2D eigenvalue weighted by molar-refractivity contribution is -0.384. The van der Waals surface area contributed by atoms with Crippen molar-refractivity contribution in [3.05, 3.63) is 88.5 Å². The molecule has 1 heterocycles. The Morgan fingerprint density at radius 1 is 1.15 bits per heavy atom. The van der Waals surface area contributed by atoms with E-state index in [1.54, 1.807) is 24.9 Å². The number of rotatable bonds is 6. The van der Waals surface area contributed by atoms with Crippen LogP contribution in [0.5, 0.6) is 5.75 Å². The van der Waals surface area contributed by atoms with E-state index in [0.717, 1.165) is 16.2 Å². The maximum Gasteiger partial charge on any atom is 0.271 e. The summed E-state index contributed by atoms with van der Waals surface area (Å²) < 4.78 is 5.22. The highest BCUT2D eigenvalue weighted by Crippen LogP contribution is 2.45. The van der Waals surface area contributed by atoms with Gasteiger partial charge in [0.05, 0.1) is 17.7 Å². The molecule has 1 atom stereocenters. The molecule has 0 unspecified atom stereocenters. The highest BCUT2D eigenvalue weighted by atomic mass is 32.2. The van der Waals surface area contributed by atoms with Crippen LogP contribution in [0.25, 0.3) is 0 Å². The van der Waals surface area contributed by atoms with Gasteiger partial charge in [-0.05, 0) is 35.9 Å². The maximum absolute atomic E-state index is 13.2. The first-order valence-electron chi connectivity index (χ1n) is 10.2. The summed E-state index contributed by atoms with van der Waals surface area (Å²) in [4.78, 5) is 38.8. The third kappa shape index (κ3) is 5.15. The minimum absolute atomic E-state index is 0.116. The Kier molecular flexibility index (Phi) is 6.60. The van der Waals surface area contributed by atoms with Gasteiger partial charge in [-0.2, -0.15) is 0 Å². The van der Waals surface area contributed by atoms with E-state index in [4.69, 9.17) is 4.74 Å². The Hall–Kier alpha value is -3.85. The number of carbonyl (C=O) groups excluding carboxylic acids is 2. The van der Waals surface area contributed by atoms with Gasteiger partial charge in [0.15, 0.2) is 0 Å². The van der Waals surface area contributed by atoms with Crippen LogP contribution in [0.3, 0.4) is 0 Å². The zero-order valence-electron chi connectivity index (χ0n) is 17.8. The Morgan fingerprint density at radius 2 is 1.91 bits per heavy atom. The quantitative estimate of drug-likeness (QED) is 0.416. The van der Waals surface area contributed by atoms with Gasteiger partial charge < -0.3 is 15.0 Å². The molecule has 33 heavy (non-hydrogen) atoms. The molecular weight excluding hydrogens is 442 g/mol. The highest BCUT2D eigenvalue weighted by molar-refractivity contribution is 7.99. The Labute approximate surface area is 194 Å². The molecule has 168 valence electrons. The zero-order chi connectivity index (χ0) is 23.4. The average molecular weight is 464 g/mol. The molecule has 1 aliphatic heterocycles.